The van der Waals surface area contributed by atoms with Crippen molar-refractivity contribution in [3.05, 3.63) is 85.1 Å². The molecule has 0 amide bonds. The lowest BCUT2D eigenvalue weighted by atomic mass is 10.1. The largest absolute Gasteiger partial charge is 0.756 e. The summed E-state index contributed by atoms with van der Waals surface area (Å²) in [6.07, 6.45) is 49.9. The molecule has 0 aliphatic rings. The van der Waals surface area contributed by atoms with Gasteiger partial charge in [-0.25, -0.2) is 0 Å². The number of aliphatic hydroxyl groups excluding tert-OH is 1. The van der Waals surface area contributed by atoms with Crippen LogP contribution < -0.4 is 4.89 Å². The summed E-state index contributed by atoms with van der Waals surface area (Å²) in [5.41, 5.74) is 0. The summed E-state index contributed by atoms with van der Waals surface area (Å²) in [7, 11) is 1.10. The maximum atomic E-state index is 12.7. The molecule has 0 rings (SSSR count). The fraction of sp³-hybridized carbons (Fsp3) is 0.680. The van der Waals surface area contributed by atoms with Gasteiger partial charge in [-0.05, 0) is 77.0 Å². The number of hydrogen-bond donors (Lipinski definition) is 1. The molecule has 0 aromatic rings. The monoisotopic (exact) mass is 876 g/mol. The molecule has 0 heterocycles. The van der Waals surface area contributed by atoms with Gasteiger partial charge in [-0.1, -0.05) is 157 Å². The molecular formula is C50H86NO9P. The molecular weight excluding hydrogens is 790 g/mol. The van der Waals surface area contributed by atoms with Gasteiger partial charge in [-0.2, -0.15) is 0 Å². The van der Waals surface area contributed by atoms with Crippen molar-refractivity contribution in [2.24, 2.45) is 0 Å². The molecule has 0 aromatic carbocycles. The minimum atomic E-state index is -4.65. The van der Waals surface area contributed by atoms with Crippen LogP contribution in [0, 0.1) is 0 Å². The van der Waals surface area contributed by atoms with Gasteiger partial charge in [0.25, 0.3) is 7.82 Å². The van der Waals surface area contributed by atoms with Crippen molar-refractivity contribution in [1.29, 1.82) is 0 Å². The first-order valence-corrected chi connectivity index (χ1v) is 24.9. The Morgan fingerprint density at radius 1 is 0.607 bits per heavy atom. The second-order valence-electron chi connectivity index (χ2n) is 16.6. The molecule has 0 aromatic heterocycles. The van der Waals surface area contributed by atoms with Crippen LogP contribution in [0.25, 0.3) is 0 Å². The Bertz CT molecular complexity index is 1330. The summed E-state index contributed by atoms with van der Waals surface area (Å²) in [6, 6.07) is 0. The van der Waals surface area contributed by atoms with Gasteiger partial charge in [-0.3, -0.25) is 14.2 Å². The van der Waals surface area contributed by atoms with E-state index >= 15 is 0 Å². The molecule has 0 radical (unpaired) electrons. The number of aliphatic hydroxyl groups is 1. The lowest BCUT2D eigenvalue weighted by molar-refractivity contribution is -0.870. The molecule has 11 heteroatoms. The molecule has 10 nitrogen and oxygen atoms in total. The van der Waals surface area contributed by atoms with E-state index in [0.29, 0.717) is 36.7 Å². The van der Waals surface area contributed by atoms with Gasteiger partial charge >= 0.3 is 11.9 Å². The van der Waals surface area contributed by atoms with E-state index in [0.717, 1.165) is 51.4 Å². The Labute approximate surface area is 372 Å². The van der Waals surface area contributed by atoms with Crippen LogP contribution in [0.2, 0.25) is 0 Å². The number of allylic oxidation sites excluding steroid dienone is 13. The Morgan fingerprint density at radius 2 is 1.10 bits per heavy atom. The van der Waals surface area contributed by atoms with Crippen molar-refractivity contribution in [2.75, 3.05) is 47.5 Å². The Kier molecular flexibility index (Phi) is 39.3. The Hall–Kier alpha value is -2.85. The van der Waals surface area contributed by atoms with Gasteiger partial charge in [0, 0.05) is 12.8 Å². The molecule has 0 aliphatic heterocycles. The van der Waals surface area contributed by atoms with E-state index in [1.54, 1.807) is 6.08 Å². The number of quaternary nitrogens is 1. The van der Waals surface area contributed by atoms with Gasteiger partial charge in [-0.15, -0.1) is 0 Å². The van der Waals surface area contributed by atoms with E-state index in [9.17, 15) is 24.2 Å². The average Bonchev–Trinajstić information content (AvgIpc) is 3.21. The fourth-order valence-electron chi connectivity index (χ4n) is 5.73. The van der Waals surface area contributed by atoms with Gasteiger partial charge in [0.2, 0.25) is 0 Å². The third-order valence-electron chi connectivity index (χ3n) is 9.56. The van der Waals surface area contributed by atoms with Crippen LogP contribution in [-0.4, -0.2) is 81.2 Å². The van der Waals surface area contributed by atoms with Gasteiger partial charge in [0.05, 0.1) is 33.9 Å². The molecule has 350 valence electrons. The van der Waals surface area contributed by atoms with Gasteiger partial charge in [0.15, 0.2) is 6.10 Å². The molecule has 0 saturated carbocycles. The summed E-state index contributed by atoms with van der Waals surface area (Å²) < 4.78 is 33.9. The molecule has 0 fully saturated rings. The Balaban J connectivity index is 4.44. The number of nitrogens with zero attached hydrogens (tertiary/aromatic N) is 1. The number of carbonyl (C=O) groups excluding carboxylic acids is 2. The van der Waals surface area contributed by atoms with Crippen LogP contribution in [-0.2, 0) is 32.7 Å². The highest BCUT2D eigenvalue weighted by Gasteiger charge is 2.21. The molecule has 0 saturated heterocycles. The predicted molar refractivity (Wildman–Crippen MR) is 251 cm³/mol. The predicted octanol–water partition coefficient (Wildman–Crippen LogP) is 11.9. The van der Waals surface area contributed by atoms with Crippen molar-refractivity contribution in [3.8, 4) is 0 Å². The van der Waals surface area contributed by atoms with Crippen molar-refractivity contribution < 1.29 is 47.2 Å². The molecule has 0 aliphatic carbocycles. The van der Waals surface area contributed by atoms with E-state index in [1.807, 2.05) is 52.4 Å². The summed E-state index contributed by atoms with van der Waals surface area (Å²) in [5, 5.41) is 9.49. The maximum absolute atomic E-state index is 12.7. The van der Waals surface area contributed by atoms with Crippen molar-refractivity contribution in [3.63, 3.8) is 0 Å². The first-order valence-electron chi connectivity index (χ1n) is 23.4. The van der Waals surface area contributed by atoms with Crippen LogP contribution in [0.4, 0.5) is 0 Å². The quantitative estimate of drug-likeness (QED) is 0.0159. The van der Waals surface area contributed by atoms with E-state index in [-0.39, 0.29) is 32.2 Å². The van der Waals surface area contributed by atoms with Crippen molar-refractivity contribution >= 4 is 19.8 Å². The minimum absolute atomic E-state index is 0.0509. The summed E-state index contributed by atoms with van der Waals surface area (Å²) in [6.45, 7) is 3.78. The maximum Gasteiger partial charge on any atom is 0.306 e. The lowest BCUT2D eigenvalue weighted by Crippen LogP contribution is -2.37. The second kappa shape index (κ2) is 41.2. The molecule has 3 atom stereocenters. The van der Waals surface area contributed by atoms with Crippen LogP contribution in [0.3, 0.4) is 0 Å². The zero-order chi connectivity index (χ0) is 45.1. The first kappa shape index (κ1) is 58.1. The standard InChI is InChI=1S/C50H86NO9P/c1-6-8-9-10-11-12-13-14-15-16-17-18-19-24-27-30-33-36-39-42-50(54)60-48(46-59-61(55,56)58-44-43-51(3,4)5)45-57-49(53)41-38-35-32-29-26-23-21-20-22-25-28-31-34-37-40-47(52)7-2/h11-12,14-15,21-23,25,29,31-32,34,37,40,47-48,52H,6-10,13,16-20,24,26-28,30,33,35-36,38-39,41-46H2,1-5H3/b12-11-,15-14-,23-21-,25-22-,32-29-,34-31-,40-37+/t47-,48+/m0/s1. The molecule has 1 N–H and O–H groups in total. The SMILES string of the molecule is CCCCC/C=C\C/C=C\CCCCCCCCCCCC(=O)O[C@H](COC(=O)CCC/C=C\C/C=C\C/C=C\C/C=C\C=C\[C@@H](O)CC)COP(=O)([O-])OCC[N+](C)(C)C. The van der Waals surface area contributed by atoms with E-state index in [4.69, 9.17) is 18.5 Å². The highest BCUT2D eigenvalue weighted by molar-refractivity contribution is 7.45. The van der Waals surface area contributed by atoms with Crippen LogP contribution in [0.1, 0.15) is 162 Å². The lowest BCUT2D eigenvalue weighted by Gasteiger charge is -2.28. The highest BCUT2D eigenvalue weighted by atomic mass is 31.2. The smallest absolute Gasteiger partial charge is 0.306 e. The summed E-state index contributed by atoms with van der Waals surface area (Å²) in [5.74, 6) is -0.933. The van der Waals surface area contributed by atoms with E-state index in [1.165, 1.54) is 57.8 Å². The average molecular weight is 876 g/mol. The summed E-state index contributed by atoms with van der Waals surface area (Å²) in [4.78, 5) is 37.6. The van der Waals surface area contributed by atoms with Crippen molar-refractivity contribution in [2.45, 2.75) is 174 Å². The molecule has 61 heavy (non-hydrogen) atoms. The van der Waals surface area contributed by atoms with E-state index < -0.39 is 32.5 Å². The first-order chi connectivity index (χ1) is 29.4. The number of carbonyl (C=O) groups is 2. The minimum Gasteiger partial charge on any atom is -0.756 e. The number of rotatable bonds is 41. The zero-order valence-corrected chi connectivity index (χ0v) is 39.8. The van der Waals surface area contributed by atoms with Crippen LogP contribution in [0.5, 0.6) is 0 Å². The zero-order valence-electron chi connectivity index (χ0n) is 38.9. The molecule has 0 spiro atoms. The Morgan fingerprint density at radius 3 is 1.66 bits per heavy atom. The van der Waals surface area contributed by atoms with Gasteiger partial charge < -0.3 is 33.0 Å². The fourth-order valence-corrected chi connectivity index (χ4v) is 6.46. The second-order valence-corrected chi connectivity index (χ2v) is 18.0. The normalized spacial score (nSPS) is 14.8. The number of hydrogen-bond acceptors (Lipinski definition) is 9. The summed E-state index contributed by atoms with van der Waals surface area (Å²) >= 11 is 0. The number of esters is 2. The van der Waals surface area contributed by atoms with Crippen molar-refractivity contribution in [1.82, 2.24) is 0 Å². The van der Waals surface area contributed by atoms with Gasteiger partial charge in [0.1, 0.15) is 19.8 Å². The van der Waals surface area contributed by atoms with Crippen LogP contribution >= 0.6 is 7.82 Å². The number of likely N-dealkylation sites (N-methyl/N-ethyl adjacent to an activating group) is 1. The number of ether oxygens (including phenoxy) is 2. The number of unbranched alkanes of at least 4 members (excludes halogenated alkanes) is 13. The number of phosphoric acid groups is 1. The highest BCUT2D eigenvalue weighted by Crippen LogP contribution is 2.38. The van der Waals surface area contributed by atoms with E-state index in [2.05, 4.69) is 61.6 Å². The number of phosphoric ester groups is 1. The molecule has 0 bridgehead atoms. The molecule has 1 unspecified atom stereocenters. The topological polar surface area (TPSA) is 131 Å². The van der Waals surface area contributed by atoms with Crippen LogP contribution in [0.15, 0.2) is 85.1 Å². The third kappa shape index (κ3) is 45.0. The third-order valence-corrected chi connectivity index (χ3v) is 10.5.